The topological polar surface area (TPSA) is 123 Å². The molecule has 0 saturated carbocycles. The van der Waals surface area contributed by atoms with E-state index in [-0.39, 0.29) is 29.2 Å². The van der Waals surface area contributed by atoms with E-state index in [1.54, 1.807) is 12.1 Å². The Morgan fingerprint density at radius 1 is 1.14 bits per heavy atom. The molecular formula is C20H22N6O3. The quantitative estimate of drug-likeness (QED) is 0.745. The summed E-state index contributed by atoms with van der Waals surface area (Å²) in [7, 11) is 0. The summed E-state index contributed by atoms with van der Waals surface area (Å²) >= 11 is 0. The van der Waals surface area contributed by atoms with Gasteiger partial charge in [0.05, 0.1) is 5.69 Å². The van der Waals surface area contributed by atoms with Crippen LogP contribution in [-0.2, 0) is 16.1 Å². The van der Waals surface area contributed by atoms with E-state index < -0.39 is 6.04 Å². The number of piperidine rings is 1. The molecule has 0 aliphatic carbocycles. The first-order valence-electron chi connectivity index (χ1n) is 9.89. The van der Waals surface area contributed by atoms with Crippen molar-refractivity contribution in [2.45, 2.75) is 37.8 Å². The van der Waals surface area contributed by atoms with Gasteiger partial charge in [0.15, 0.2) is 0 Å². The highest BCUT2D eigenvalue weighted by Gasteiger charge is 2.39. The molecule has 2 amide bonds. The highest BCUT2D eigenvalue weighted by molar-refractivity contribution is 5.90. The van der Waals surface area contributed by atoms with Crippen LogP contribution in [0.15, 0.2) is 29.3 Å². The number of aromatic nitrogens is 3. The number of carbonyl (C=O) groups excluding carboxylic acids is 2. The number of rotatable bonds is 2. The van der Waals surface area contributed by atoms with Crippen LogP contribution in [0.2, 0.25) is 0 Å². The van der Waals surface area contributed by atoms with E-state index in [0.29, 0.717) is 49.6 Å². The Bertz CT molecular complexity index is 1060. The van der Waals surface area contributed by atoms with Gasteiger partial charge in [0.25, 0.3) is 5.56 Å². The van der Waals surface area contributed by atoms with Crippen LogP contribution in [0.1, 0.15) is 30.9 Å². The molecule has 3 atom stereocenters. The molecule has 2 bridgehead atoms. The number of nitrogens with one attached hydrogen (secondary N) is 1. The third kappa shape index (κ3) is 3.16. The van der Waals surface area contributed by atoms with Gasteiger partial charge in [0, 0.05) is 55.4 Å². The Hall–Kier alpha value is -3.23. The molecule has 5 rings (SSSR count). The first kappa shape index (κ1) is 17.8. The zero-order chi connectivity index (χ0) is 20.1. The van der Waals surface area contributed by atoms with Gasteiger partial charge in [0.2, 0.25) is 11.8 Å². The van der Waals surface area contributed by atoms with Gasteiger partial charge in [-0.15, -0.1) is 0 Å². The molecule has 0 aromatic carbocycles. The lowest BCUT2D eigenvalue weighted by Crippen LogP contribution is -2.53. The molecule has 150 valence electrons. The number of nitrogens with two attached hydrogens (primary N) is 1. The van der Waals surface area contributed by atoms with Crippen LogP contribution >= 0.6 is 0 Å². The third-order valence-electron chi connectivity index (χ3n) is 6.15. The minimum absolute atomic E-state index is 0.0129. The Morgan fingerprint density at radius 3 is 2.76 bits per heavy atom. The number of hydrogen-bond donors (Lipinski definition) is 2. The molecule has 3 N–H and O–H groups in total. The highest BCUT2D eigenvalue weighted by Crippen LogP contribution is 2.36. The summed E-state index contributed by atoms with van der Waals surface area (Å²) in [5.74, 6) is 0.587. The number of pyridine rings is 1. The molecule has 9 nitrogen and oxygen atoms in total. The van der Waals surface area contributed by atoms with Crippen LogP contribution in [0, 0.1) is 5.92 Å². The van der Waals surface area contributed by atoms with Crippen LogP contribution in [0.3, 0.4) is 0 Å². The van der Waals surface area contributed by atoms with E-state index in [2.05, 4.69) is 15.3 Å². The van der Waals surface area contributed by atoms with Crippen molar-refractivity contribution in [1.29, 1.82) is 0 Å². The van der Waals surface area contributed by atoms with Gasteiger partial charge >= 0.3 is 0 Å². The molecule has 29 heavy (non-hydrogen) atoms. The second-order valence-electron chi connectivity index (χ2n) is 8.15. The van der Waals surface area contributed by atoms with Crippen molar-refractivity contribution < 1.29 is 9.59 Å². The first-order valence-corrected chi connectivity index (χ1v) is 9.89. The smallest absolute Gasteiger partial charge is 0.251 e. The molecule has 3 aliphatic heterocycles. The number of nitrogen functional groups attached to an aromatic ring is 1. The van der Waals surface area contributed by atoms with Gasteiger partial charge < -0.3 is 20.5 Å². The summed E-state index contributed by atoms with van der Waals surface area (Å²) in [6.07, 6.45) is 3.28. The maximum absolute atomic E-state index is 12.9. The van der Waals surface area contributed by atoms with Gasteiger partial charge in [-0.25, -0.2) is 9.97 Å². The minimum Gasteiger partial charge on any atom is -0.384 e. The second kappa shape index (κ2) is 6.68. The van der Waals surface area contributed by atoms with Crippen molar-refractivity contribution in [3.05, 3.63) is 40.6 Å². The largest absolute Gasteiger partial charge is 0.384 e. The maximum Gasteiger partial charge on any atom is 0.251 e. The molecule has 5 heterocycles. The van der Waals surface area contributed by atoms with Gasteiger partial charge in [0.1, 0.15) is 18.2 Å². The van der Waals surface area contributed by atoms with Crippen LogP contribution in [0.4, 0.5) is 5.82 Å². The molecule has 3 aliphatic rings. The van der Waals surface area contributed by atoms with E-state index in [1.165, 1.54) is 6.33 Å². The Labute approximate surface area is 166 Å². The number of amides is 2. The molecular weight excluding hydrogens is 372 g/mol. The predicted octanol–water partition coefficient (Wildman–Crippen LogP) is 0.112. The van der Waals surface area contributed by atoms with E-state index in [0.717, 1.165) is 12.1 Å². The molecule has 2 saturated heterocycles. The monoisotopic (exact) mass is 394 g/mol. The third-order valence-corrected chi connectivity index (χ3v) is 6.15. The molecule has 2 fully saturated rings. The fourth-order valence-corrected chi connectivity index (χ4v) is 4.84. The predicted molar refractivity (Wildman–Crippen MR) is 105 cm³/mol. The number of likely N-dealkylation sites (tertiary alicyclic amines) is 1. The fourth-order valence-electron chi connectivity index (χ4n) is 4.84. The van der Waals surface area contributed by atoms with Crippen molar-refractivity contribution in [2.24, 2.45) is 5.92 Å². The van der Waals surface area contributed by atoms with Crippen molar-refractivity contribution in [2.75, 3.05) is 18.8 Å². The summed E-state index contributed by atoms with van der Waals surface area (Å²) in [5, 5.41) is 2.77. The summed E-state index contributed by atoms with van der Waals surface area (Å²) < 4.78 is 1.83. The van der Waals surface area contributed by atoms with E-state index in [9.17, 15) is 14.4 Å². The molecule has 2 aromatic rings. The Morgan fingerprint density at radius 2 is 2.00 bits per heavy atom. The lowest BCUT2D eigenvalue weighted by atomic mass is 9.82. The molecule has 0 unspecified atom stereocenters. The van der Waals surface area contributed by atoms with Gasteiger partial charge in [-0.2, -0.15) is 0 Å². The maximum atomic E-state index is 12.9. The second-order valence-corrected chi connectivity index (χ2v) is 8.15. The molecule has 2 aromatic heterocycles. The van der Waals surface area contributed by atoms with Crippen molar-refractivity contribution in [3.63, 3.8) is 0 Å². The van der Waals surface area contributed by atoms with Crippen LogP contribution < -0.4 is 16.6 Å². The van der Waals surface area contributed by atoms with Crippen molar-refractivity contribution in [3.8, 4) is 11.3 Å². The molecule has 0 spiro atoms. The van der Waals surface area contributed by atoms with E-state index in [4.69, 9.17) is 5.73 Å². The van der Waals surface area contributed by atoms with Gasteiger partial charge in [-0.05, 0) is 24.8 Å². The number of nitrogens with zero attached hydrogens (tertiary/aromatic N) is 4. The normalized spacial score (nSPS) is 25.4. The lowest BCUT2D eigenvalue weighted by Gasteiger charge is -2.43. The fraction of sp³-hybridized carbons (Fsp3) is 0.450. The number of fused-ring (bicyclic) bond motifs is 4. The first-order chi connectivity index (χ1) is 14.0. The van der Waals surface area contributed by atoms with Gasteiger partial charge in [-0.3, -0.25) is 14.4 Å². The number of hydrogen-bond acceptors (Lipinski definition) is 6. The van der Waals surface area contributed by atoms with E-state index >= 15 is 0 Å². The van der Waals surface area contributed by atoms with E-state index in [1.807, 2.05) is 15.5 Å². The molecule has 0 radical (unpaired) electrons. The summed E-state index contributed by atoms with van der Waals surface area (Å²) in [4.78, 5) is 47.2. The van der Waals surface area contributed by atoms with Crippen LogP contribution in [0.25, 0.3) is 11.3 Å². The Kier molecular flexibility index (Phi) is 4.11. The van der Waals surface area contributed by atoms with Crippen LogP contribution in [-0.4, -0.2) is 50.4 Å². The zero-order valence-electron chi connectivity index (χ0n) is 15.9. The van der Waals surface area contributed by atoms with Gasteiger partial charge in [-0.1, -0.05) is 0 Å². The summed E-state index contributed by atoms with van der Waals surface area (Å²) in [5.41, 5.74) is 7.94. The minimum atomic E-state index is -0.418. The van der Waals surface area contributed by atoms with Crippen LogP contribution in [0.5, 0.6) is 0 Å². The zero-order valence-corrected chi connectivity index (χ0v) is 15.9. The summed E-state index contributed by atoms with van der Waals surface area (Å²) in [6.45, 7) is 1.77. The number of anilines is 1. The molecule has 9 heteroatoms. The van der Waals surface area contributed by atoms with Crippen molar-refractivity contribution >= 4 is 17.6 Å². The highest BCUT2D eigenvalue weighted by atomic mass is 16.2. The van der Waals surface area contributed by atoms with Crippen molar-refractivity contribution in [1.82, 2.24) is 24.8 Å². The lowest BCUT2D eigenvalue weighted by molar-refractivity contribution is -0.136. The standard InChI is InChI=1S/C20H22N6O3/c21-17-6-15(22-10-23-17)12-4-16-13-3-11(8-26(16)19(28)5-12)7-25(9-13)20(29)14-1-2-18(27)24-14/h4-6,10-11,13-14H,1-3,7-9H2,(H,24,27)(H2,21,22,23)/t11-,13+,14-/m0/s1. The average molecular weight is 394 g/mol. The SMILES string of the molecule is Nc1cc(-c2cc3n(c(=O)c2)C[C@H]2C[C@@H]3CN(C(=O)[C@@H]3CCC(=O)N3)C2)ncn1. The average Bonchev–Trinajstić information content (AvgIpc) is 3.14. The number of carbonyl (C=O) groups is 2. The Balaban J connectivity index is 1.46. The summed E-state index contributed by atoms with van der Waals surface area (Å²) in [6, 6.07) is 4.80.